The van der Waals surface area contributed by atoms with Crippen molar-refractivity contribution >= 4 is 0 Å². The van der Waals surface area contributed by atoms with Gasteiger partial charge in [-0.1, -0.05) is 36.8 Å². The summed E-state index contributed by atoms with van der Waals surface area (Å²) in [4.78, 5) is 0. The molecule has 0 amide bonds. The number of aryl methyl sites for hydroxylation is 1. The molecule has 1 N–H and O–H groups in total. The molecule has 1 aromatic heterocycles. The van der Waals surface area contributed by atoms with Crippen molar-refractivity contribution in [1.82, 2.24) is 5.32 Å². The highest BCUT2D eigenvalue weighted by molar-refractivity contribution is 5.66. The molecule has 2 rings (SSSR count). The lowest BCUT2D eigenvalue weighted by molar-refractivity contribution is 0.484. The van der Waals surface area contributed by atoms with Gasteiger partial charge in [-0.25, -0.2) is 0 Å². The Morgan fingerprint density at radius 1 is 1.24 bits per heavy atom. The number of nitrogens with one attached hydrogen (secondary N) is 1. The summed E-state index contributed by atoms with van der Waals surface area (Å²) in [6.45, 7) is 6.09. The summed E-state index contributed by atoms with van der Waals surface area (Å²) in [6, 6.07) is 10.5. The minimum Gasteiger partial charge on any atom is -0.467 e. The zero-order valence-corrected chi connectivity index (χ0v) is 10.5. The molecular formula is C15H19NO. The zero-order chi connectivity index (χ0) is 12.1. The average Bonchev–Trinajstić information content (AvgIpc) is 2.78. The largest absolute Gasteiger partial charge is 0.467 e. The van der Waals surface area contributed by atoms with Gasteiger partial charge in [-0.3, -0.25) is 0 Å². The Morgan fingerprint density at radius 3 is 2.88 bits per heavy atom. The van der Waals surface area contributed by atoms with E-state index in [9.17, 15) is 0 Å². The van der Waals surface area contributed by atoms with E-state index in [0.29, 0.717) is 0 Å². The van der Waals surface area contributed by atoms with Crippen LogP contribution in [0.5, 0.6) is 0 Å². The van der Waals surface area contributed by atoms with Crippen molar-refractivity contribution in [3.05, 3.63) is 47.9 Å². The van der Waals surface area contributed by atoms with Crippen LogP contribution in [0.25, 0.3) is 11.1 Å². The van der Waals surface area contributed by atoms with Gasteiger partial charge in [0.15, 0.2) is 0 Å². The molecule has 17 heavy (non-hydrogen) atoms. The van der Waals surface area contributed by atoms with Crippen LogP contribution in [0.1, 0.15) is 24.7 Å². The van der Waals surface area contributed by atoms with E-state index in [0.717, 1.165) is 25.3 Å². The van der Waals surface area contributed by atoms with Gasteiger partial charge >= 0.3 is 0 Å². The molecule has 0 spiro atoms. The van der Waals surface area contributed by atoms with E-state index in [1.807, 2.05) is 6.07 Å². The van der Waals surface area contributed by atoms with Crippen LogP contribution in [0.2, 0.25) is 0 Å². The highest BCUT2D eigenvalue weighted by Crippen LogP contribution is 2.25. The Kier molecular flexibility index (Phi) is 3.99. The SMILES string of the molecule is CCCNCc1occc1-c1cccc(C)c1. The van der Waals surface area contributed by atoms with Crippen molar-refractivity contribution in [2.75, 3.05) is 6.54 Å². The van der Waals surface area contributed by atoms with E-state index in [2.05, 4.69) is 43.4 Å². The zero-order valence-electron chi connectivity index (χ0n) is 10.5. The van der Waals surface area contributed by atoms with Crippen molar-refractivity contribution in [2.45, 2.75) is 26.8 Å². The third-order valence-electron chi connectivity index (χ3n) is 2.79. The Labute approximate surface area is 103 Å². The maximum Gasteiger partial charge on any atom is 0.125 e. The standard InChI is InChI=1S/C15H19NO/c1-3-8-16-11-15-14(7-9-17-15)13-6-4-5-12(2)10-13/h4-7,9-10,16H,3,8,11H2,1-2H3. The fourth-order valence-electron chi connectivity index (χ4n) is 1.93. The minimum absolute atomic E-state index is 0.796. The molecule has 1 heterocycles. The Balaban J connectivity index is 2.18. The predicted molar refractivity (Wildman–Crippen MR) is 70.9 cm³/mol. The van der Waals surface area contributed by atoms with E-state index in [1.54, 1.807) is 6.26 Å². The second-order valence-electron chi connectivity index (χ2n) is 4.30. The number of hydrogen-bond acceptors (Lipinski definition) is 2. The van der Waals surface area contributed by atoms with Crippen molar-refractivity contribution in [2.24, 2.45) is 0 Å². The molecule has 1 aromatic carbocycles. The molecule has 0 bridgehead atoms. The van der Waals surface area contributed by atoms with Crippen LogP contribution in [0.15, 0.2) is 41.0 Å². The lowest BCUT2D eigenvalue weighted by atomic mass is 10.0. The van der Waals surface area contributed by atoms with E-state index in [4.69, 9.17) is 4.42 Å². The summed E-state index contributed by atoms with van der Waals surface area (Å²) in [6.07, 6.45) is 2.90. The molecule has 2 heteroatoms. The molecule has 0 aliphatic rings. The molecule has 0 unspecified atom stereocenters. The monoisotopic (exact) mass is 229 g/mol. The van der Waals surface area contributed by atoms with Gasteiger partial charge in [0.25, 0.3) is 0 Å². The lowest BCUT2D eigenvalue weighted by Crippen LogP contribution is -2.13. The Bertz CT molecular complexity index is 473. The fourth-order valence-corrected chi connectivity index (χ4v) is 1.93. The van der Waals surface area contributed by atoms with E-state index in [-0.39, 0.29) is 0 Å². The Hall–Kier alpha value is -1.54. The van der Waals surface area contributed by atoms with Crippen LogP contribution < -0.4 is 5.32 Å². The quantitative estimate of drug-likeness (QED) is 0.790. The maximum absolute atomic E-state index is 5.54. The minimum atomic E-state index is 0.796. The first-order chi connectivity index (χ1) is 8.31. The van der Waals surface area contributed by atoms with Crippen LogP contribution in [0.3, 0.4) is 0 Å². The summed E-state index contributed by atoms with van der Waals surface area (Å²) in [5.41, 5.74) is 3.69. The van der Waals surface area contributed by atoms with Gasteiger partial charge in [-0.05, 0) is 31.5 Å². The first-order valence-corrected chi connectivity index (χ1v) is 6.15. The Morgan fingerprint density at radius 2 is 2.12 bits per heavy atom. The van der Waals surface area contributed by atoms with Crippen LogP contribution in [0, 0.1) is 6.92 Å². The summed E-state index contributed by atoms with van der Waals surface area (Å²) in [7, 11) is 0. The van der Waals surface area contributed by atoms with Crippen LogP contribution in [-0.2, 0) is 6.54 Å². The summed E-state index contributed by atoms with van der Waals surface area (Å²) >= 11 is 0. The summed E-state index contributed by atoms with van der Waals surface area (Å²) < 4.78 is 5.54. The van der Waals surface area contributed by atoms with Gasteiger partial charge in [-0.2, -0.15) is 0 Å². The van der Waals surface area contributed by atoms with Gasteiger partial charge in [0, 0.05) is 5.56 Å². The van der Waals surface area contributed by atoms with Gasteiger partial charge in [-0.15, -0.1) is 0 Å². The van der Waals surface area contributed by atoms with Crippen molar-refractivity contribution < 1.29 is 4.42 Å². The molecular weight excluding hydrogens is 210 g/mol. The average molecular weight is 229 g/mol. The van der Waals surface area contributed by atoms with Gasteiger partial charge in [0.05, 0.1) is 12.8 Å². The van der Waals surface area contributed by atoms with Crippen molar-refractivity contribution in [3.8, 4) is 11.1 Å². The second-order valence-corrected chi connectivity index (χ2v) is 4.30. The third kappa shape index (κ3) is 2.98. The van der Waals surface area contributed by atoms with Gasteiger partial charge < -0.3 is 9.73 Å². The highest BCUT2D eigenvalue weighted by Gasteiger charge is 2.07. The lowest BCUT2D eigenvalue weighted by Gasteiger charge is -2.05. The predicted octanol–water partition coefficient (Wildman–Crippen LogP) is 3.75. The van der Waals surface area contributed by atoms with Crippen LogP contribution in [0.4, 0.5) is 0 Å². The van der Waals surface area contributed by atoms with Crippen molar-refractivity contribution in [3.63, 3.8) is 0 Å². The summed E-state index contributed by atoms with van der Waals surface area (Å²) in [5.74, 6) is 1.02. The van der Waals surface area contributed by atoms with E-state index in [1.165, 1.54) is 16.7 Å². The molecule has 0 aliphatic carbocycles. The number of furan rings is 1. The molecule has 2 aromatic rings. The molecule has 0 saturated carbocycles. The summed E-state index contributed by atoms with van der Waals surface area (Å²) in [5, 5.41) is 3.37. The molecule has 0 fully saturated rings. The van der Waals surface area contributed by atoms with Crippen molar-refractivity contribution in [1.29, 1.82) is 0 Å². The molecule has 2 nitrogen and oxygen atoms in total. The molecule has 90 valence electrons. The van der Waals surface area contributed by atoms with E-state index >= 15 is 0 Å². The number of hydrogen-bond donors (Lipinski definition) is 1. The van der Waals surface area contributed by atoms with Crippen LogP contribution in [-0.4, -0.2) is 6.54 Å². The fraction of sp³-hybridized carbons (Fsp3) is 0.333. The first kappa shape index (κ1) is 11.9. The number of rotatable bonds is 5. The van der Waals surface area contributed by atoms with E-state index < -0.39 is 0 Å². The first-order valence-electron chi connectivity index (χ1n) is 6.15. The molecule has 0 aliphatic heterocycles. The molecule has 0 atom stereocenters. The smallest absolute Gasteiger partial charge is 0.125 e. The number of benzene rings is 1. The second kappa shape index (κ2) is 5.69. The van der Waals surface area contributed by atoms with Gasteiger partial charge in [0.1, 0.15) is 5.76 Å². The van der Waals surface area contributed by atoms with Crippen LogP contribution >= 0.6 is 0 Å². The topological polar surface area (TPSA) is 25.2 Å². The normalized spacial score (nSPS) is 10.7. The van der Waals surface area contributed by atoms with Gasteiger partial charge in [0.2, 0.25) is 0 Å². The highest BCUT2D eigenvalue weighted by atomic mass is 16.3. The molecule has 0 saturated heterocycles. The molecule has 0 radical (unpaired) electrons. The third-order valence-corrected chi connectivity index (χ3v) is 2.79. The maximum atomic E-state index is 5.54.